The molecular formula is C45H29N3O. The SMILES string of the molecule is c1ccc(-c2cc(-c3ccc4c(c3)c3ccccc3n4-c3ccccc3)nc3ccc(N4c5ccccc5Oc5ccccc54)cc23)cc1. The van der Waals surface area contributed by atoms with Crippen LogP contribution in [-0.4, -0.2) is 9.55 Å². The molecule has 4 heteroatoms. The number of aromatic nitrogens is 2. The molecule has 3 heterocycles. The first kappa shape index (κ1) is 27.5. The van der Waals surface area contributed by atoms with E-state index in [2.05, 4.69) is 161 Å². The second-order valence-electron chi connectivity index (χ2n) is 12.4. The van der Waals surface area contributed by atoms with Gasteiger partial charge in [0.25, 0.3) is 0 Å². The van der Waals surface area contributed by atoms with Gasteiger partial charge in [0.05, 0.1) is 33.6 Å². The minimum atomic E-state index is 0.835. The van der Waals surface area contributed by atoms with Gasteiger partial charge in [0.2, 0.25) is 0 Å². The zero-order valence-corrected chi connectivity index (χ0v) is 26.5. The van der Waals surface area contributed by atoms with E-state index in [9.17, 15) is 0 Å². The normalized spacial score (nSPS) is 12.2. The van der Waals surface area contributed by atoms with Gasteiger partial charge in [-0.2, -0.15) is 0 Å². The molecule has 10 rings (SSSR count). The summed E-state index contributed by atoms with van der Waals surface area (Å²) in [6, 6.07) is 61.9. The van der Waals surface area contributed by atoms with Crippen LogP contribution in [0.25, 0.3) is 60.8 Å². The van der Waals surface area contributed by atoms with E-state index in [-0.39, 0.29) is 0 Å². The molecule has 0 saturated heterocycles. The first-order valence-corrected chi connectivity index (χ1v) is 16.6. The Labute approximate surface area is 283 Å². The largest absolute Gasteiger partial charge is 0.453 e. The second-order valence-corrected chi connectivity index (χ2v) is 12.4. The Morgan fingerprint density at radius 1 is 0.429 bits per heavy atom. The van der Waals surface area contributed by atoms with Gasteiger partial charge in [-0.25, -0.2) is 4.98 Å². The summed E-state index contributed by atoms with van der Waals surface area (Å²) >= 11 is 0. The summed E-state index contributed by atoms with van der Waals surface area (Å²) in [7, 11) is 0. The molecule has 0 amide bonds. The lowest BCUT2D eigenvalue weighted by molar-refractivity contribution is 0.477. The van der Waals surface area contributed by atoms with Crippen LogP contribution in [0.2, 0.25) is 0 Å². The lowest BCUT2D eigenvalue weighted by atomic mass is 9.97. The maximum atomic E-state index is 6.30. The van der Waals surface area contributed by atoms with Gasteiger partial charge in [-0.15, -0.1) is 0 Å². The number of pyridine rings is 1. The molecule has 0 aliphatic carbocycles. The Bertz CT molecular complexity index is 2650. The molecule has 0 spiro atoms. The topological polar surface area (TPSA) is 30.3 Å². The fourth-order valence-electron chi connectivity index (χ4n) is 7.33. The van der Waals surface area contributed by atoms with E-state index in [4.69, 9.17) is 9.72 Å². The number of ether oxygens (including phenoxy) is 1. The first-order chi connectivity index (χ1) is 24.3. The van der Waals surface area contributed by atoms with Crippen molar-refractivity contribution in [2.45, 2.75) is 0 Å². The van der Waals surface area contributed by atoms with Crippen LogP contribution in [0.15, 0.2) is 176 Å². The van der Waals surface area contributed by atoms with Gasteiger partial charge < -0.3 is 14.2 Å². The highest BCUT2D eigenvalue weighted by molar-refractivity contribution is 6.10. The summed E-state index contributed by atoms with van der Waals surface area (Å²) in [5, 5.41) is 3.53. The number of benzene rings is 7. The summed E-state index contributed by atoms with van der Waals surface area (Å²) in [6.07, 6.45) is 0. The Kier molecular flexibility index (Phi) is 6.15. The van der Waals surface area contributed by atoms with Crippen molar-refractivity contribution in [3.8, 4) is 39.6 Å². The number of para-hydroxylation sites is 6. The zero-order valence-electron chi connectivity index (χ0n) is 26.5. The highest BCUT2D eigenvalue weighted by atomic mass is 16.5. The third kappa shape index (κ3) is 4.42. The third-order valence-corrected chi connectivity index (χ3v) is 9.55. The van der Waals surface area contributed by atoms with Crippen molar-refractivity contribution >= 4 is 49.8 Å². The minimum Gasteiger partial charge on any atom is -0.453 e. The third-order valence-electron chi connectivity index (χ3n) is 9.55. The van der Waals surface area contributed by atoms with Crippen molar-refractivity contribution < 1.29 is 4.74 Å². The molecule has 230 valence electrons. The van der Waals surface area contributed by atoms with Gasteiger partial charge in [0, 0.05) is 33.1 Å². The van der Waals surface area contributed by atoms with Crippen molar-refractivity contribution in [3.63, 3.8) is 0 Å². The molecule has 0 atom stereocenters. The number of hydrogen-bond donors (Lipinski definition) is 0. The van der Waals surface area contributed by atoms with Gasteiger partial charge in [0.15, 0.2) is 11.5 Å². The number of anilines is 3. The van der Waals surface area contributed by atoms with Crippen molar-refractivity contribution in [1.29, 1.82) is 0 Å². The molecule has 1 aliphatic heterocycles. The number of rotatable bonds is 4. The number of hydrogen-bond acceptors (Lipinski definition) is 3. The lowest BCUT2D eigenvalue weighted by Crippen LogP contribution is -2.15. The van der Waals surface area contributed by atoms with Gasteiger partial charge in [-0.3, -0.25) is 0 Å². The Morgan fingerprint density at radius 2 is 1.08 bits per heavy atom. The summed E-state index contributed by atoms with van der Waals surface area (Å²) in [4.78, 5) is 7.59. The molecule has 2 aromatic heterocycles. The smallest absolute Gasteiger partial charge is 0.151 e. The van der Waals surface area contributed by atoms with E-state index in [1.54, 1.807) is 0 Å². The van der Waals surface area contributed by atoms with E-state index in [0.717, 1.165) is 67.5 Å². The summed E-state index contributed by atoms with van der Waals surface area (Å²) < 4.78 is 8.65. The summed E-state index contributed by atoms with van der Waals surface area (Å²) in [5.74, 6) is 1.67. The number of fused-ring (bicyclic) bond motifs is 6. The minimum absolute atomic E-state index is 0.835. The van der Waals surface area contributed by atoms with Gasteiger partial charge >= 0.3 is 0 Å². The highest BCUT2D eigenvalue weighted by Crippen LogP contribution is 2.50. The second kappa shape index (κ2) is 11.0. The van der Waals surface area contributed by atoms with Crippen LogP contribution in [0.3, 0.4) is 0 Å². The molecule has 0 saturated carbocycles. The van der Waals surface area contributed by atoms with Crippen LogP contribution in [0, 0.1) is 0 Å². The maximum Gasteiger partial charge on any atom is 0.151 e. The zero-order chi connectivity index (χ0) is 32.3. The van der Waals surface area contributed by atoms with E-state index in [1.807, 2.05) is 24.3 Å². The van der Waals surface area contributed by atoms with Gasteiger partial charge in [-0.1, -0.05) is 97.1 Å². The quantitative estimate of drug-likeness (QED) is 0.194. The summed E-state index contributed by atoms with van der Waals surface area (Å²) in [5.41, 5.74) is 11.9. The highest BCUT2D eigenvalue weighted by Gasteiger charge is 2.26. The average molecular weight is 628 g/mol. The number of nitrogens with zero attached hydrogens (tertiary/aromatic N) is 3. The lowest BCUT2D eigenvalue weighted by Gasteiger charge is -2.33. The maximum absolute atomic E-state index is 6.30. The molecule has 0 bridgehead atoms. The van der Waals surface area contributed by atoms with Crippen molar-refractivity contribution in [2.24, 2.45) is 0 Å². The van der Waals surface area contributed by atoms with E-state index in [1.165, 1.54) is 21.8 Å². The van der Waals surface area contributed by atoms with Crippen LogP contribution in [0.4, 0.5) is 17.1 Å². The van der Waals surface area contributed by atoms with Crippen LogP contribution < -0.4 is 9.64 Å². The van der Waals surface area contributed by atoms with Crippen molar-refractivity contribution in [2.75, 3.05) is 4.90 Å². The van der Waals surface area contributed by atoms with Crippen LogP contribution in [-0.2, 0) is 0 Å². The Hall–Kier alpha value is -6.65. The van der Waals surface area contributed by atoms with Gasteiger partial charge in [0.1, 0.15) is 0 Å². The molecule has 0 unspecified atom stereocenters. The fourth-order valence-corrected chi connectivity index (χ4v) is 7.33. The van der Waals surface area contributed by atoms with Crippen LogP contribution in [0.1, 0.15) is 0 Å². The monoisotopic (exact) mass is 627 g/mol. The van der Waals surface area contributed by atoms with Crippen molar-refractivity contribution in [3.05, 3.63) is 176 Å². The van der Waals surface area contributed by atoms with E-state index in [0.29, 0.717) is 0 Å². The molecule has 4 nitrogen and oxygen atoms in total. The predicted molar refractivity (Wildman–Crippen MR) is 202 cm³/mol. The van der Waals surface area contributed by atoms with Crippen LogP contribution >= 0.6 is 0 Å². The van der Waals surface area contributed by atoms with Gasteiger partial charge in [-0.05, 0) is 90.0 Å². The molecule has 7 aromatic carbocycles. The Morgan fingerprint density at radius 3 is 1.86 bits per heavy atom. The fraction of sp³-hybridized carbons (Fsp3) is 0. The molecule has 9 aromatic rings. The molecule has 0 radical (unpaired) electrons. The molecule has 0 fully saturated rings. The predicted octanol–water partition coefficient (Wildman–Crippen LogP) is 12.2. The Balaban J connectivity index is 1.17. The van der Waals surface area contributed by atoms with Crippen LogP contribution in [0.5, 0.6) is 11.5 Å². The first-order valence-electron chi connectivity index (χ1n) is 16.6. The molecule has 49 heavy (non-hydrogen) atoms. The average Bonchev–Trinajstić information content (AvgIpc) is 3.51. The molecule has 1 aliphatic rings. The van der Waals surface area contributed by atoms with Crippen molar-refractivity contribution in [1.82, 2.24) is 9.55 Å². The molecule has 0 N–H and O–H groups in total. The summed E-state index contributed by atoms with van der Waals surface area (Å²) in [6.45, 7) is 0. The van der Waals surface area contributed by atoms with E-state index < -0.39 is 0 Å². The van der Waals surface area contributed by atoms with E-state index >= 15 is 0 Å². The standard InChI is InChI=1S/C45H29N3O/c1-3-13-30(14-4-1)35-29-39(31-23-26-41-37(27-31)34-17-7-8-18-40(34)47(41)32-15-5-2-6-16-32)46-38-25-24-33(28-36(35)38)48-42-19-9-11-21-44(42)49-45-22-12-10-20-43(45)48/h1-29H. The molecular weight excluding hydrogens is 599 g/mol.